The third-order valence-electron chi connectivity index (χ3n) is 1.35. The van der Waals surface area contributed by atoms with E-state index in [9.17, 15) is 0 Å². The zero-order valence-electron chi connectivity index (χ0n) is 9.34. The Balaban J connectivity index is 0. The highest BCUT2D eigenvalue weighted by molar-refractivity contribution is 5.43. The SMILES string of the molecule is C=C.C=C(C)/C=C\C(=C)C(=C)/C=C\C. The molecule has 0 heterocycles. The highest BCUT2D eigenvalue weighted by atomic mass is 13.9. The van der Waals surface area contributed by atoms with Crippen LogP contribution in [0.3, 0.4) is 0 Å². The first-order valence-electron chi connectivity index (χ1n) is 4.42. The van der Waals surface area contributed by atoms with Crippen molar-refractivity contribution in [3.8, 4) is 0 Å². The molecule has 0 nitrogen and oxygen atoms in total. The second kappa shape index (κ2) is 9.53. The summed E-state index contributed by atoms with van der Waals surface area (Å²) in [5.74, 6) is 0. The fourth-order valence-electron chi connectivity index (χ4n) is 0.658. The van der Waals surface area contributed by atoms with E-state index in [-0.39, 0.29) is 0 Å². The lowest BCUT2D eigenvalue weighted by Crippen LogP contribution is -1.77. The largest absolute Gasteiger partial charge is 0.106 e. The van der Waals surface area contributed by atoms with Crippen molar-refractivity contribution in [2.45, 2.75) is 13.8 Å². The maximum absolute atomic E-state index is 3.87. The van der Waals surface area contributed by atoms with Gasteiger partial charge in [-0.2, -0.15) is 0 Å². The third kappa shape index (κ3) is 8.54. The minimum absolute atomic E-state index is 0.927. The fraction of sp³-hybridized carbons (Fsp3) is 0.143. The Bertz CT molecular complexity index is 262. The van der Waals surface area contributed by atoms with Gasteiger partial charge in [0.2, 0.25) is 0 Å². The molecule has 0 atom stereocenters. The molecular formula is C14H20. The summed E-state index contributed by atoms with van der Waals surface area (Å²) in [5.41, 5.74) is 2.88. The van der Waals surface area contributed by atoms with Gasteiger partial charge in [0, 0.05) is 0 Å². The van der Waals surface area contributed by atoms with E-state index in [1.54, 1.807) is 0 Å². The van der Waals surface area contributed by atoms with Crippen molar-refractivity contribution in [2.75, 3.05) is 0 Å². The number of allylic oxidation sites excluding steroid dienone is 7. The van der Waals surface area contributed by atoms with E-state index in [0.29, 0.717) is 0 Å². The molecule has 0 aromatic carbocycles. The molecule has 0 aliphatic rings. The highest BCUT2D eigenvalue weighted by Crippen LogP contribution is 2.08. The van der Waals surface area contributed by atoms with E-state index < -0.39 is 0 Å². The van der Waals surface area contributed by atoms with Crippen molar-refractivity contribution in [1.29, 1.82) is 0 Å². The van der Waals surface area contributed by atoms with Crippen LogP contribution in [0.15, 0.2) is 73.9 Å². The quantitative estimate of drug-likeness (QED) is 0.446. The van der Waals surface area contributed by atoms with Gasteiger partial charge in [0.1, 0.15) is 0 Å². The molecule has 14 heavy (non-hydrogen) atoms. The van der Waals surface area contributed by atoms with E-state index in [1.807, 2.05) is 38.2 Å². The van der Waals surface area contributed by atoms with Crippen LogP contribution in [0.25, 0.3) is 0 Å². The zero-order valence-corrected chi connectivity index (χ0v) is 9.34. The van der Waals surface area contributed by atoms with Gasteiger partial charge in [0.15, 0.2) is 0 Å². The average molecular weight is 188 g/mol. The second-order valence-corrected chi connectivity index (χ2v) is 2.73. The Kier molecular flexibility index (Phi) is 10.2. The smallest absolute Gasteiger partial charge is 0.0262 e. The maximum Gasteiger partial charge on any atom is -0.0262 e. The highest BCUT2D eigenvalue weighted by Gasteiger charge is 1.89. The van der Waals surface area contributed by atoms with E-state index in [0.717, 1.165) is 16.7 Å². The van der Waals surface area contributed by atoms with Crippen LogP contribution in [0, 0.1) is 0 Å². The Labute approximate surface area is 88.4 Å². The average Bonchev–Trinajstić information content (AvgIpc) is 2.17. The maximum atomic E-state index is 3.87. The zero-order chi connectivity index (χ0) is 11.6. The van der Waals surface area contributed by atoms with Gasteiger partial charge >= 0.3 is 0 Å². The van der Waals surface area contributed by atoms with E-state index in [4.69, 9.17) is 0 Å². The predicted octanol–water partition coefficient (Wildman–Crippen LogP) is 4.61. The molecule has 0 aromatic heterocycles. The lowest BCUT2D eigenvalue weighted by Gasteiger charge is -1.97. The molecule has 0 spiro atoms. The van der Waals surface area contributed by atoms with Crippen LogP contribution in [-0.2, 0) is 0 Å². The van der Waals surface area contributed by atoms with Crippen molar-refractivity contribution >= 4 is 0 Å². The second-order valence-electron chi connectivity index (χ2n) is 2.73. The van der Waals surface area contributed by atoms with Crippen LogP contribution >= 0.6 is 0 Å². The molecule has 0 N–H and O–H groups in total. The summed E-state index contributed by atoms with van der Waals surface area (Å²) in [5, 5.41) is 0. The molecule has 0 saturated heterocycles. The van der Waals surface area contributed by atoms with Gasteiger partial charge in [-0.3, -0.25) is 0 Å². The Hall–Kier alpha value is -1.56. The molecule has 0 rings (SSSR count). The van der Waals surface area contributed by atoms with Crippen molar-refractivity contribution in [1.82, 2.24) is 0 Å². The normalized spacial score (nSPS) is 9.57. The third-order valence-corrected chi connectivity index (χ3v) is 1.35. The summed E-state index contributed by atoms with van der Waals surface area (Å²) >= 11 is 0. The van der Waals surface area contributed by atoms with Crippen LogP contribution < -0.4 is 0 Å². The number of hydrogen-bond donors (Lipinski definition) is 0. The fourth-order valence-corrected chi connectivity index (χ4v) is 0.658. The van der Waals surface area contributed by atoms with Crippen LogP contribution in [0.5, 0.6) is 0 Å². The van der Waals surface area contributed by atoms with Crippen LogP contribution in [0.1, 0.15) is 13.8 Å². The van der Waals surface area contributed by atoms with Gasteiger partial charge in [-0.15, -0.1) is 13.2 Å². The lowest BCUT2D eigenvalue weighted by atomic mass is 10.1. The van der Waals surface area contributed by atoms with Crippen molar-refractivity contribution < 1.29 is 0 Å². The Morgan fingerprint density at radius 2 is 1.29 bits per heavy atom. The molecule has 0 fully saturated rings. The minimum atomic E-state index is 0.927. The summed E-state index contributed by atoms with van der Waals surface area (Å²) in [7, 11) is 0. The van der Waals surface area contributed by atoms with Crippen LogP contribution in [0.4, 0.5) is 0 Å². The number of rotatable bonds is 4. The first-order chi connectivity index (χ1) is 6.57. The summed E-state index contributed by atoms with van der Waals surface area (Å²) in [6.45, 7) is 21.4. The summed E-state index contributed by atoms with van der Waals surface area (Å²) < 4.78 is 0. The van der Waals surface area contributed by atoms with E-state index >= 15 is 0 Å². The molecule has 0 heteroatoms. The molecule has 0 aromatic rings. The molecule has 76 valence electrons. The molecule has 0 amide bonds. The summed E-state index contributed by atoms with van der Waals surface area (Å²) in [6.07, 6.45) is 7.73. The van der Waals surface area contributed by atoms with Crippen LogP contribution in [-0.4, -0.2) is 0 Å². The molecule has 0 bridgehead atoms. The Morgan fingerprint density at radius 3 is 1.64 bits per heavy atom. The topological polar surface area (TPSA) is 0 Å². The van der Waals surface area contributed by atoms with Crippen molar-refractivity contribution in [3.05, 3.63) is 73.9 Å². The van der Waals surface area contributed by atoms with Crippen molar-refractivity contribution in [3.63, 3.8) is 0 Å². The van der Waals surface area contributed by atoms with Gasteiger partial charge in [-0.1, -0.05) is 49.6 Å². The molecule has 0 aliphatic carbocycles. The predicted molar refractivity (Wildman–Crippen MR) is 68.3 cm³/mol. The molecule has 0 saturated carbocycles. The Morgan fingerprint density at radius 1 is 0.857 bits per heavy atom. The number of hydrogen-bond acceptors (Lipinski definition) is 0. The monoisotopic (exact) mass is 188 g/mol. The van der Waals surface area contributed by atoms with Gasteiger partial charge in [-0.25, -0.2) is 0 Å². The molecular weight excluding hydrogens is 168 g/mol. The van der Waals surface area contributed by atoms with Crippen LogP contribution in [0.2, 0.25) is 0 Å². The van der Waals surface area contributed by atoms with Gasteiger partial charge in [-0.05, 0) is 25.0 Å². The molecule has 0 radical (unpaired) electrons. The molecule has 0 aliphatic heterocycles. The van der Waals surface area contributed by atoms with Gasteiger partial charge in [0.25, 0.3) is 0 Å². The summed E-state index contributed by atoms with van der Waals surface area (Å²) in [6, 6.07) is 0. The summed E-state index contributed by atoms with van der Waals surface area (Å²) in [4.78, 5) is 0. The first kappa shape index (κ1) is 14.9. The first-order valence-corrected chi connectivity index (χ1v) is 4.42. The molecule has 0 unspecified atom stereocenters. The standard InChI is InChI=1S/C12H16.C2H4/c1-6-7-11(4)12(5)9-8-10(2)3;1-2/h6-9H,2,4-5H2,1,3H3;1-2H2/b7-6-,9-8-;. The van der Waals surface area contributed by atoms with E-state index in [2.05, 4.69) is 32.9 Å². The minimum Gasteiger partial charge on any atom is -0.106 e. The van der Waals surface area contributed by atoms with Gasteiger partial charge in [0.05, 0.1) is 0 Å². The lowest BCUT2D eigenvalue weighted by molar-refractivity contribution is 1.52. The van der Waals surface area contributed by atoms with Gasteiger partial charge < -0.3 is 0 Å². The van der Waals surface area contributed by atoms with E-state index in [1.165, 1.54) is 0 Å². The van der Waals surface area contributed by atoms with Crippen molar-refractivity contribution in [2.24, 2.45) is 0 Å².